The number of hydrogen-bond acceptors (Lipinski definition) is 4. The van der Waals surface area contributed by atoms with Gasteiger partial charge in [-0.25, -0.2) is 4.79 Å². The van der Waals surface area contributed by atoms with Gasteiger partial charge in [-0.1, -0.05) is 30.3 Å². The van der Waals surface area contributed by atoms with Crippen LogP contribution >= 0.6 is 11.8 Å². The molecule has 3 rings (SSSR count). The summed E-state index contributed by atoms with van der Waals surface area (Å²) in [5.74, 6) is 1.10. The Kier molecular flexibility index (Phi) is 6.71. The van der Waals surface area contributed by atoms with E-state index in [1.165, 1.54) is 10.5 Å². The quantitative estimate of drug-likeness (QED) is 0.654. The molecule has 28 heavy (non-hydrogen) atoms. The molecule has 0 aliphatic carbocycles. The predicted octanol–water partition coefficient (Wildman–Crippen LogP) is 3.49. The van der Waals surface area contributed by atoms with Gasteiger partial charge in [0.1, 0.15) is 5.54 Å². The van der Waals surface area contributed by atoms with E-state index in [0.717, 1.165) is 38.1 Å². The van der Waals surface area contributed by atoms with Gasteiger partial charge in [0.2, 0.25) is 0 Å². The van der Waals surface area contributed by atoms with Gasteiger partial charge in [0.25, 0.3) is 5.91 Å². The molecule has 1 spiro atoms. The Bertz CT molecular complexity index is 686. The first kappa shape index (κ1) is 21.2. The van der Waals surface area contributed by atoms with E-state index < -0.39 is 5.54 Å². The fourth-order valence-corrected chi connectivity index (χ4v) is 5.25. The zero-order chi connectivity index (χ0) is 20.3. The van der Waals surface area contributed by atoms with Crippen LogP contribution in [0, 0.1) is 0 Å². The molecule has 5 nitrogen and oxygen atoms in total. The maximum atomic E-state index is 13.4. The minimum absolute atomic E-state index is 0.0118. The maximum Gasteiger partial charge on any atom is 0.327 e. The highest BCUT2D eigenvalue weighted by Crippen LogP contribution is 2.38. The molecule has 2 fully saturated rings. The van der Waals surface area contributed by atoms with Crippen molar-refractivity contribution < 1.29 is 9.59 Å². The average Bonchev–Trinajstić information content (AvgIpc) is 2.88. The van der Waals surface area contributed by atoms with Crippen molar-refractivity contribution in [1.29, 1.82) is 0 Å². The minimum Gasteiger partial charge on any atom is -0.309 e. The topological polar surface area (TPSA) is 43.9 Å². The summed E-state index contributed by atoms with van der Waals surface area (Å²) >= 11 is 1.86. The molecule has 0 aromatic heterocycles. The Morgan fingerprint density at radius 2 is 1.71 bits per heavy atom. The molecule has 3 amide bonds. The largest absolute Gasteiger partial charge is 0.327 e. The average molecular weight is 404 g/mol. The third-order valence-corrected chi connectivity index (χ3v) is 7.03. The summed E-state index contributed by atoms with van der Waals surface area (Å²) in [4.78, 5) is 32.4. The molecule has 1 aromatic rings. The third-order valence-electron chi connectivity index (χ3n) is 6.21. The molecule has 0 saturated carbocycles. The summed E-state index contributed by atoms with van der Waals surface area (Å²) in [7, 11) is 0. The van der Waals surface area contributed by atoms with Gasteiger partial charge in [0, 0.05) is 37.5 Å². The van der Waals surface area contributed by atoms with Crippen molar-refractivity contribution in [3.05, 3.63) is 35.9 Å². The number of piperidine rings is 1. The van der Waals surface area contributed by atoms with Crippen molar-refractivity contribution in [2.45, 2.75) is 57.7 Å². The smallest absolute Gasteiger partial charge is 0.309 e. The van der Waals surface area contributed by atoms with E-state index in [9.17, 15) is 9.59 Å². The van der Waals surface area contributed by atoms with Gasteiger partial charge >= 0.3 is 6.03 Å². The van der Waals surface area contributed by atoms with Crippen LogP contribution in [0.5, 0.6) is 0 Å². The number of carbonyl (C=O) groups excluding carboxylic acids is 2. The minimum atomic E-state index is -0.661. The molecule has 1 atom stereocenters. The van der Waals surface area contributed by atoms with E-state index in [4.69, 9.17) is 0 Å². The number of benzene rings is 1. The second-order valence-corrected chi connectivity index (χ2v) is 9.22. The first-order valence-electron chi connectivity index (χ1n) is 10.3. The molecule has 6 heteroatoms. The Morgan fingerprint density at radius 1 is 1.07 bits per heavy atom. The number of rotatable bonds is 7. The zero-order valence-electron chi connectivity index (χ0n) is 17.6. The molecule has 2 aliphatic rings. The lowest BCUT2D eigenvalue weighted by molar-refractivity contribution is -0.136. The SMILES string of the molecule is CSC[C@H](C)N1CCC2(CC1)C(=O)N(C(C)C)C(=O)N2CCc1ccccc1. The summed E-state index contributed by atoms with van der Waals surface area (Å²) < 4.78 is 0. The third kappa shape index (κ3) is 3.94. The fraction of sp³-hybridized carbons (Fsp3) is 0.636. The molecule has 0 N–H and O–H groups in total. The Labute approximate surface area is 173 Å². The van der Waals surface area contributed by atoms with E-state index in [0.29, 0.717) is 12.6 Å². The molecule has 154 valence electrons. The fourth-order valence-electron chi connectivity index (χ4n) is 4.56. The summed E-state index contributed by atoms with van der Waals surface area (Å²) in [5.41, 5.74) is 0.540. The lowest BCUT2D eigenvalue weighted by atomic mass is 9.85. The number of imide groups is 1. The van der Waals surface area contributed by atoms with Crippen molar-refractivity contribution >= 4 is 23.7 Å². The molecule has 0 radical (unpaired) electrons. The lowest BCUT2D eigenvalue weighted by Gasteiger charge is -2.44. The number of urea groups is 1. The van der Waals surface area contributed by atoms with Crippen molar-refractivity contribution in [3.8, 4) is 0 Å². The standard InChI is InChI=1S/C22H33N3O2S/c1-17(2)25-20(26)22(11-14-23(15-12-22)18(3)16-28-4)24(21(25)27)13-10-19-8-6-5-7-9-19/h5-9,17-18H,10-16H2,1-4H3/t18-/m0/s1. The zero-order valence-corrected chi connectivity index (χ0v) is 18.4. The van der Waals surface area contributed by atoms with Gasteiger partial charge in [-0.3, -0.25) is 14.6 Å². The van der Waals surface area contributed by atoms with Gasteiger partial charge in [0.15, 0.2) is 0 Å². The number of thioether (sulfide) groups is 1. The molecule has 2 aliphatic heterocycles. The second-order valence-electron chi connectivity index (χ2n) is 8.31. The van der Waals surface area contributed by atoms with E-state index in [2.05, 4.69) is 30.2 Å². The monoisotopic (exact) mass is 403 g/mol. The van der Waals surface area contributed by atoms with E-state index >= 15 is 0 Å². The van der Waals surface area contributed by atoms with Crippen LogP contribution in [0.3, 0.4) is 0 Å². The van der Waals surface area contributed by atoms with E-state index in [1.54, 1.807) is 0 Å². The predicted molar refractivity (Wildman–Crippen MR) is 116 cm³/mol. The van der Waals surface area contributed by atoms with Crippen LogP contribution in [0.1, 0.15) is 39.2 Å². The van der Waals surface area contributed by atoms with Gasteiger partial charge in [-0.2, -0.15) is 11.8 Å². The molecule has 1 aromatic carbocycles. The Hall–Kier alpha value is -1.53. The number of hydrogen-bond donors (Lipinski definition) is 0. The van der Waals surface area contributed by atoms with Crippen LogP contribution in [-0.2, 0) is 11.2 Å². The molecule has 2 saturated heterocycles. The molecular weight excluding hydrogens is 370 g/mol. The maximum absolute atomic E-state index is 13.4. The van der Waals surface area contributed by atoms with Gasteiger partial charge < -0.3 is 4.90 Å². The van der Waals surface area contributed by atoms with Crippen LogP contribution < -0.4 is 0 Å². The number of nitrogens with zero attached hydrogens (tertiary/aromatic N) is 3. The van der Waals surface area contributed by atoms with Crippen molar-refractivity contribution in [2.24, 2.45) is 0 Å². The van der Waals surface area contributed by atoms with Crippen LogP contribution in [0.4, 0.5) is 4.79 Å². The van der Waals surface area contributed by atoms with Crippen molar-refractivity contribution in [1.82, 2.24) is 14.7 Å². The van der Waals surface area contributed by atoms with Gasteiger partial charge in [-0.05, 0) is 51.9 Å². The number of amides is 3. The van der Waals surface area contributed by atoms with Crippen LogP contribution in [0.2, 0.25) is 0 Å². The highest BCUT2D eigenvalue weighted by molar-refractivity contribution is 7.98. The number of carbonyl (C=O) groups is 2. The summed E-state index contributed by atoms with van der Waals surface area (Å²) in [6.07, 6.45) is 4.37. The van der Waals surface area contributed by atoms with E-state index in [-0.39, 0.29) is 18.0 Å². The van der Waals surface area contributed by atoms with Crippen molar-refractivity contribution in [3.63, 3.8) is 0 Å². The van der Waals surface area contributed by atoms with Crippen LogP contribution in [0.15, 0.2) is 30.3 Å². The number of likely N-dealkylation sites (tertiary alicyclic amines) is 1. The lowest BCUT2D eigenvalue weighted by Crippen LogP contribution is -2.58. The van der Waals surface area contributed by atoms with Gasteiger partial charge in [0.05, 0.1) is 0 Å². The first-order chi connectivity index (χ1) is 13.4. The summed E-state index contributed by atoms with van der Waals surface area (Å²) in [6, 6.07) is 10.5. The van der Waals surface area contributed by atoms with E-state index in [1.807, 2.05) is 48.7 Å². The first-order valence-corrected chi connectivity index (χ1v) is 11.7. The molecular formula is C22H33N3O2S. The van der Waals surface area contributed by atoms with Crippen LogP contribution in [-0.4, -0.2) is 75.9 Å². The molecule has 0 unspecified atom stereocenters. The van der Waals surface area contributed by atoms with Crippen molar-refractivity contribution in [2.75, 3.05) is 31.6 Å². The summed E-state index contributed by atoms with van der Waals surface area (Å²) in [5, 5.41) is 0. The highest BCUT2D eigenvalue weighted by Gasteiger charge is 2.58. The Balaban J connectivity index is 1.79. The highest BCUT2D eigenvalue weighted by atomic mass is 32.2. The van der Waals surface area contributed by atoms with Gasteiger partial charge in [-0.15, -0.1) is 0 Å². The van der Waals surface area contributed by atoms with Crippen LogP contribution in [0.25, 0.3) is 0 Å². The summed E-state index contributed by atoms with van der Waals surface area (Å²) in [6.45, 7) is 8.45. The molecule has 2 heterocycles. The second kappa shape index (κ2) is 8.87. The molecule has 0 bridgehead atoms. The normalized spacial score (nSPS) is 21.2. The Morgan fingerprint density at radius 3 is 2.29 bits per heavy atom.